The van der Waals surface area contributed by atoms with Gasteiger partial charge in [0, 0.05) is 51.4 Å². The van der Waals surface area contributed by atoms with Crippen LogP contribution in [0.15, 0.2) is 42.5 Å². The van der Waals surface area contributed by atoms with Crippen molar-refractivity contribution in [2.24, 2.45) is 0 Å². The van der Waals surface area contributed by atoms with Crippen LogP contribution in [0.1, 0.15) is 23.1 Å². The Morgan fingerprint density at radius 2 is 1.74 bits per heavy atom. The molecular formula is C22H28FN3O. The van der Waals surface area contributed by atoms with Gasteiger partial charge in [-0.3, -0.25) is 4.79 Å². The van der Waals surface area contributed by atoms with Crippen LogP contribution >= 0.6 is 0 Å². The van der Waals surface area contributed by atoms with E-state index in [1.807, 2.05) is 4.90 Å². The molecule has 1 heterocycles. The van der Waals surface area contributed by atoms with Crippen molar-refractivity contribution in [3.63, 3.8) is 0 Å². The molecule has 0 atom stereocenters. The van der Waals surface area contributed by atoms with E-state index in [0.717, 1.165) is 31.7 Å². The first kappa shape index (κ1) is 19.4. The van der Waals surface area contributed by atoms with Crippen molar-refractivity contribution in [3.8, 4) is 0 Å². The number of anilines is 1. The maximum Gasteiger partial charge on any atom is 0.223 e. The van der Waals surface area contributed by atoms with E-state index in [2.05, 4.69) is 42.3 Å². The van der Waals surface area contributed by atoms with Crippen LogP contribution in [-0.2, 0) is 11.3 Å². The quantitative estimate of drug-likeness (QED) is 0.794. The number of aryl methyl sites for hydroxylation is 1. The molecule has 1 aliphatic rings. The Kier molecular flexibility index (Phi) is 6.45. The first-order valence-corrected chi connectivity index (χ1v) is 9.58. The number of benzene rings is 2. The van der Waals surface area contributed by atoms with E-state index in [9.17, 15) is 9.18 Å². The average molecular weight is 369 g/mol. The highest BCUT2D eigenvalue weighted by Gasteiger charge is 2.21. The summed E-state index contributed by atoms with van der Waals surface area (Å²) in [5, 5.41) is 3.26. The van der Waals surface area contributed by atoms with Crippen molar-refractivity contribution in [1.82, 2.24) is 10.2 Å². The van der Waals surface area contributed by atoms with E-state index < -0.39 is 0 Å². The number of nitrogens with one attached hydrogen (secondary N) is 1. The third kappa shape index (κ3) is 5.07. The zero-order chi connectivity index (χ0) is 19.2. The fourth-order valence-electron chi connectivity index (χ4n) is 3.46. The number of amides is 1. The highest BCUT2D eigenvalue weighted by Crippen LogP contribution is 2.23. The minimum absolute atomic E-state index is 0.197. The molecule has 1 saturated heterocycles. The summed E-state index contributed by atoms with van der Waals surface area (Å²) in [5.74, 6) is -0.0313. The molecule has 144 valence electrons. The standard InChI is InChI=1S/C22H28FN3O/c1-17-4-3-5-21(18(17)2)25-12-14-26(15-13-25)22(27)10-11-24-16-19-6-8-20(23)9-7-19/h3-9,24H,10-16H2,1-2H3. The molecule has 2 aromatic rings. The molecule has 0 spiro atoms. The van der Waals surface area contributed by atoms with Crippen molar-refractivity contribution in [3.05, 3.63) is 65.0 Å². The lowest BCUT2D eigenvalue weighted by Gasteiger charge is -2.37. The summed E-state index contributed by atoms with van der Waals surface area (Å²) in [4.78, 5) is 16.8. The number of piperazine rings is 1. The summed E-state index contributed by atoms with van der Waals surface area (Å²) in [6.45, 7) is 8.86. The molecule has 1 N–H and O–H groups in total. The van der Waals surface area contributed by atoms with Gasteiger partial charge >= 0.3 is 0 Å². The van der Waals surface area contributed by atoms with E-state index in [1.54, 1.807) is 12.1 Å². The molecule has 0 aromatic heterocycles. The molecule has 1 amide bonds. The smallest absolute Gasteiger partial charge is 0.223 e. The van der Waals surface area contributed by atoms with Gasteiger partial charge in [0.15, 0.2) is 0 Å². The lowest BCUT2D eigenvalue weighted by atomic mass is 10.1. The van der Waals surface area contributed by atoms with Crippen LogP contribution in [0.3, 0.4) is 0 Å². The van der Waals surface area contributed by atoms with Crippen molar-refractivity contribution in [2.75, 3.05) is 37.6 Å². The monoisotopic (exact) mass is 369 g/mol. The van der Waals surface area contributed by atoms with Gasteiger partial charge < -0.3 is 15.1 Å². The third-order valence-corrected chi connectivity index (χ3v) is 5.31. The summed E-state index contributed by atoms with van der Waals surface area (Å²) in [7, 11) is 0. The molecule has 2 aromatic carbocycles. The van der Waals surface area contributed by atoms with Crippen LogP contribution < -0.4 is 10.2 Å². The highest BCUT2D eigenvalue weighted by molar-refractivity contribution is 5.76. The van der Waals surface area contributed by atoms with Gasteiger partial charge in [-0.25, -0.2) is 4.39 Å². The van der Waals surface area contributed by atoms with Gasteiger partial charge in [-0.2, -0.15) is 0 Å². The fraction of sp³-hybridized carbons (Fsp3) is 0.409. The largest absolute Gasteiger partial charge is 0.368 e. The number of hydrogen-bond acceptors (Lipinski definition) is 3. The van der Waals surface area contributed by atoms with E-state index >= 15 is 0 Å². The first-order valence-electron chi connectivity index (χ1n) is 9.58. The highest BCUT2D eigenvalue weighted by atomic mass is 19.1. The predicted molar refractivity (Wildman–Crippen MR) is 107 cm³/mol. The maximum atomic E-state index is 12.9. The molecule has 0 saturated carbocycles. The van der Waals surface area contributed by atoms with Gasteiger partial charge in [0.05, 0.1) is 0 Å². The number of halogens is 1. The minimum Gasteiger partial charge on any atom is -0.368 e. The Bertz CT molecular complexity index is 768. The van der Waals surface area contributed by atoms with Crippen LogP contribution in [-0.4, -0.2) is 43.5 Å². The van der Waals surface area contributed by atoms with Crippen LogP contribution in [0.5, 0.6) is 0 Å². The van der Waals surface area contributed by atoms with Crippen molar-refractivity contribution < 1.29 is 9.18 Å². The number of hydrogen-bond donors (Lipinski definition) is 1. The Morgan fingerprint density at radius 1 is 1.04 bits per heavy atom. The maximum absolute atomic E-state index is 12.9. The first-order chi connectivity index (χ1) is 13.0. The van der Waals surface area contributed by atoms with E-state index in [-0.39, 0.29) is 11.7 Å². The number of carbonyl (C=O) groups is 1. The van der Waals surface area contributed by atoms with Gasteiger partial charge in [-0.1, -0.05) is 24.3 Å². The van der Waals surface area contributed by atoms with Crippen LogP contribution in [0.4, 0.5) is 10.1 Å². The lowest BCUT2D eigenvalue weighted by Crippen LogP contribution is -2.49. The molecule has 0 bridgehead atoms. The summed E-state index contributed by atoms with van der Waals surface area (Å²) < 4.78 is 12.9. The normalized spacial score (nSPS) is 14.5. The zero-order valence-electron chi connectivity index (χ0n) is 16.2. The molecule has 5 heteroatoms. The molecule has 0 radical (unpaired) electrons. The topological polar surface area (TPSA) is 35.6 Å². The van der Waals surface area contributed by atoms with E-state index in [0.29, 0.717) is 19.5 Å². The van der Waals surface area contributed by atoms with E-state index in [4.69, 9.17) is 0 Å². The second kappa shape index (κ2) is 9.00. The number of rotatable bonds is 6. The molecular weight excluding hydrogens is 341 g/mol. The SMILES string of the molecule is Cc1cccc(N2CCN(C(=O)CCNCc3ccc(F)cc3)CC2)c1C. The number of carbonyl (C=O) groups excluding carboxylic acids is 1. The Balaban J connectivity index is 1.40. The van der Waals surface area contributed by atoms with E-state index in [1.165, 1.54) is 28.9 Å². The zero-order valence-corrected chi connectivity index (χ0v) is 16.2. The van der Waals surface area contributed by atoms with Crippen LogP contribution in [0.2, 0.25) is 0 Å². The second-order valence-electron chi connectivity index (χ2n) is 7.14. The predicted octanol–water partition coefficient (Wildman–Crippen LogP) is 3.27. The Labute approximate surface area is 161 Å². The van der Waals surface area contributed by atoms with Gasteiger partial charge in [0.1, 0.15) is 5.82 Å². The average Bonchev–Trinajstić information content (AvgIpc) is 2.69. The van der Waals surface area contributed by atoms with Crippen molar-refractivity contribution in [2.45, 2.75) is 26.8 Å². The molecule has 0 aliphatic carbocycles. The Morgan fingerprint density at radius 3 is 2.44 bits per heavy atom. The number of nitrogens with zero attached hydrogens (tertiary/aromatic N) is 2. The lowest BCUT2D eigenvalue weighted by molar-refractivity contribution is -0.131. The van der Waals surface area contributed by atoms with Gasteiger partial charge in [-0.15, -0.1) is 0 Å². The van der Waals surface area contributed by atoms with Crippen LogP contribution in [0, 0.1) is 19.7 Å². The molecule has 0 unspecified atom stereocenters. The third-order valence-electron chi connectivity index (χ3n) is 5.31. The van der Waals surface area contributed by atoms with Crippen molar-refractivity contribution >= 4 is 11.6 Å². The second-order valence-corrected chi connectivity index (χ2v) is 7.14. The molecule has 27 heavy (non-hydrogen) atoms. The van der Waals surface area contributed by atoms with Crippen LogP contribution in [0.25, 0.3) is 0 Å². The van der Waals surface area contributed by atoms with Crippen molar-refractivity contribution in [1.29, 1.82) is 0 Å². The Hall–Kier alpha value is -2.40. The molecule has 1 fully saturated rings. The van der Waals surface area contributed by atoms with Gasteiger partial charge in [0.2, 0.25) is 5.91 Å². The molecule has 1 aliphatic heterocycles. The van der Waals surface area contributed by atoms with Gasteiger partial charge in [-0.05, 0) is 48.7 Å². The summed E-state index contributed by atoms with van der Waals surface area (Å²) in [6.07, 6.45) is 0.491. The minimum atomic E-state index is -0.228. The summed E-state index contributed by atoms with van der Waals surface area (Å²) >= 11 is 0. The summed E-state index contributed by atoms with van der Waals surface area (Å²) in [6, 6.07) is 12.8. The molecule has 4 nitrogen and oxygen atoms in total. The fourth-order valence-corrected chi connectivity index (χ4v) is 3.46. The van der Waals surface area contributed by atoms with Gasteiger partial charge in [0.25, 0.3) is 0 Å². The summed E-state index contributed by atoms with van der Waals surface area (Å²) in [5.41, 5.74) is 4.93. The molecule has 3 rings (SSSR count).